The molecule has 1 amide bonds. The molecule has 2 N–H and O–H groups in total. The summed E-state index contributed by atoms with van der Waals surface area (Å²) in [5, 5.41) is 6.21. The molecule has 4 nitrogen and oxygen atoms in total. The Morgan fingerprint density at radius 1 is 1.53 bits per heavy atom. The Bertz CT molecular complexity index is 215. The van der Waals surface area contributed by atoms with Gasteiger partial charge in [0.05, 0.1) is 6.04 Å². The fourth-order valence-corrected chi connectivity index (χ4v) is 1.50. The summed E-state index contributed by atoms with van der Waals surface area (Å²) < 4.78 is 4.91. The second-order valence-corrected chi connectivity index (χ2v) is 4.56. The first-order valence-electron chi connectivity index (χ1n) is 5.62. The number of hydrogen-bond donors (Lipinski definition) is 2. The standard InChI is InChI=1S/C11H22N2O2/c1-9(13-11(2)5-6-11)10(14)12-7-4-8-15-3/h9,13H,4-8H2,1-3H3,(H,12,14). The van der Waals surface area contributed by atoms with Crippen LogP contribution in [0.3, 0.4) is 0 Å². The second kappa shape index (κ2) is 5.47. The third-order valence-corrected chi connectivity index (χ3v) is 2.78. The molecule has 0 saturated heterocycles. The molecule has 0 aliphatic heterocycles. The first kappa shape index (κ1) is 12.5. The average Bonchev–Trinajstić information content (AvgIpc) is 2.90. The molecule has 0 bridgehead atoms. The molecule has 0 spiro atoms. The van der Waals surface area contributed by atoms with E-state index in [0.717, 1.165) is 6.42 Å². The Balaban J connectivity index is 2.10. The minimum absolute atomic E-state index is 0.0826. The van der Waals surface area contributed by atoms with Crippen LogP contribution in [0.1, 0.15) is 33.1 Å². The van der Waals surface area contributed by atoms with Gasteiger partial charge in [-0.3, -0.25) is 4.79 Å². The highest BCUT2D eigenvalue weighted by Gasteiger charge is 2.38. The van der Waals surface area contributed by atoms with Crippen molar-refractivity contribution < 1.29 is 9.53 Å². The van der Waals surface area contributed by atoms with Gasteiger partial charge in [0.1, 0.15) is 0 Å². The van der Waals surface area contributed by atoms with Crippen molar-refractivity contribution in [3.8, 4) is 0 Å². The molecule has 1 unspecified atom stereocenters. The number of carbonyl (C=O) groups excluding carboxylic acids is 1. The summed E-state index contributed by atoms with van der Waals surface area (Å²) in [7, 11) is 1.67. The summed E-state index contributed by atoms with van der Waals surface area (Å²) in [5.41, 5.74) is 0.212. The molecule has 1 saturated carbocycles. The molecular weight excluding hydrogens is 192 g/mol. The van der Waals surface area contributed by atoms with Crippen molar-refractivity contribution in [1.82, 2.24) is 10.6 Å². The quantitative estimate of drug-likeness (QED) is 0.612. The number of hydrogen-bond acceptors (Lipinski definition) is 3. The fourth-order valence-electron chi connectivity index (χ4n) is 1.50. The van der Waals surface area contributed by atoms with E-state index in [1.807, 2.05) is 6.92 Å². The van der Waals surface area contributed by atoms with Crippen LogP contribution in [0.2, 0.25) is 0 Å². The van der Waals surface area contributed by atoms with E-state index in [1.54, 1.807) is 7.11 Å². The predicted octanol–water partition coefficient (Wildman–Crippen LogP) is 0.670. The van der Waals surface area contributed by atoms with E-state index in [1.165, 1.54) is 12.8 Å². The number of nitrogens with one attached hydrogen (secondary N) is 2. The van der Waals surface area contributed by atoms with Crippen molar-refractivity contribution in [1.29, 1.82) is 0 Å². The third kappa shape index (κ3) is 4.62. The molecule has 1 atom stereocenters. The van der Waals surface area contributed by atoms with Gasteiger partial charge in [0.2, 0.25) is 5.91 Å². The van der Waals surface area contributed by atoms with Crippen LogP contribution >= 0.6 is 0 Å². The van der Waals surface area contributed by atoms with Crippen LogP contribution in [0, 0.1) is 0 Å². The van der Waals surface area contributed by atoms with Gasteiger partial charge < -0.3 is 15.4 Å². The van der Waals surface area contributed by atoms with E-state index in [2.05, 4.69) is 17.6 Å². The molecule has 88 valence electrons. The summed E-state index contributed by atoms with van der Waals surface area (Å²) in [6.07, 6.45) is 3.22. The lowest BCUT2D eigenvalue weighted by molar-refractivity contribution is -0.123. The Labute approximate surface area is 91.8 Å². The zero-order valence-electron chi connectivity index (χ0n) is 9.93. The molecule has 1 aliphatic carbocycles. The molecule has 1 aliphatic rings. The number of methoxy groups -OCH3 is 1. The SMILES string of the molecule is COCCCNC(=O)C(C)NC1(C)CC1. The van der Waals surface area contributed by atoms with Crippen molar-refractivity contribution in [3.63, 3.8) is 0 Å². The van der Waals surface area contributed by atoms with E-state index < -0.39 is 0 Å². The maximum atomic E-state index is 11.6. The number of rotatable bonds is 7. The highest BCUT2D eigenvalue weighted by atomic mass is 16.5. The van der Waals surface area contributed by atoms with E-state index in [9.17, 15) is 4.79 Å². The first-order chi connectivity index (χ1) is 7.07. The lowest BCUT2D eigenvalue weighted by atomic mass is 10.2. The van der Waals surface area contributed by atoms with E-state index in [0.29, 0.717) is 13.2 Å². The summed E-state index contributed by atoms with van der Waals surface area (Å²) in [6.45, 7) is 5.45. The van der Waals surface area contributed by atoms with Gasteiger partial charge >= 0.3 is 0 Å². The van der Waals surface area contributed by atoms with Crippen LogP contribution in [-0.4, -0.2) is 37.7 Å². The summed E-state index contributed by atoms with van der Waals surface area (Å²) in [6, 6.07) is -0.0972. The van der Waals surface area contributed by atoms with Crippen LogP contribution in [0.15, 0.2) is 0 Å². The van der Waals surface area contributed by atoms with Crippen LogP contribution in [-0.2, 0) is 9.53 Å². The number of carbonyl (C=O) groups is 1. The Hall–Kier alpha value is -0.610. The average molecular weight is 214 g/mol. The van der Waals surface area contributed by atoms with Gasteiger partial charge in [-0.2, -0.15) is 0 Å². The lowest BCUT2D eigenvalue weighted by Gasteiger charge is -2.18. The van der Waals surface area contributed by atoms with Crippen molar-refractivity contribution in [2.24, 2.45) is 0 Å². The predicted molar refractivity (Wildman–Crippen MR) is 59.7 cm³/mol. The Morgan fingerprint density at radius 3 is 2.73 bits per heavy atom. The number of amides is 1. The van der Waals surface area contributed by atoms with Crippen LogP contribution in [0.4, 0.5) is 0 Å². The van der Waals surface area contributed by atoms with Gasteiger partial charge in [-0.25, -0.2) is 0 Å². The third-order valence-electron chi connectivity index (χ3n) is 2.78. The Morgan fingerprint density at radius 2 is 2.20 bits per heavy atom. The molecule has 1 fully saturated rings. The molecule has 0 aromatic carbocycles. The first-order valence-corrected chi connectivity index (χ1v) is 5.62. The lowest BCUT2D eigenvalue weighted by Crippen LogP contribution is -2.47. The molecule has 0 aromatic rings. The fraction of sp³-hybridized carbons (Fsp3) is 0.909. The molecule has 0 heterocycles. The molecule has 0 radical (unpaired) electrons. The van der Waals surface area contributed by atoms with Gasteiger partial charge in [0.25, 0.3) is 0 Å². The van der Waals surface area contributed by atoms with Crippen molar-refractivity contribution in [2.75, 3.05) is 20.3 Å². The molecule has 1 rings (SSSR count). The maximum absolute atomic E-state index is 11.6. The molecule has 4 heteroatoms. The highest BCUT2D eigenvalue weighted by Crippen LogP contribution is 2.34. The summed E-state index contributed by atoms with van der Waals surface area (Å²) in [4.78, 5) is 11.6. The summed E-state index contributed by atoms with van der Waals surface area (Å²) in [5.74, 6) is 0.0826. The molecule has 15 heavy (non-hydrogen) atoms. The van der Waals surface area contributed by atoms with Gasteiger partial charge in [-0.1, -0.05) is 0 Å². The van der Waals surface area contributed by atoms with Crippen LogP contribution in [0.25, 0.3) is 0 Å². The van der Waals surface area contributed by atoms with Crippen molar-refractivity contribution in [3.05, 3.63) is 0 Å². The van der Waals surface area contributed by atoms with Crippen molar-refractivity contribution >= 4 is 5.91 Å². The molecular formula is C11H22N2O2. The van der Waals surface area contributed by atoms with Crippen LogP contribution in [0.5, 0.6) is 0 Å². The highest BCUT2D eigenvalue weighted by molar-refractivity contribution is 5.81. The maximum Gasteiger partial charge on any atom is 0.236 e. The summed E-state index contributed by atoms with van der Waals surface area (Å²) >= 11 is 0. The van der Waals surface area contributed by atoms with Gasteiger partial charge in [-0.15, -0.1) is 0 Å². The normalized spacial score (nSPS) is 19.7. The second-order valence-electron chi connectivity index (χ2n) is 4.56. The van der Waals surface area contributed by atoms with Crippen LogP contribution < -0.4 is 10.6 Å². The Kier molecular flexibility index (Phi) is 4.54. The van der Waals surface area contributed by atoms with E-state index >= 15 is 0 Å². The number of ether oxygens (including phenoxy) is 1. The smallest absolute Gasteiger partial charge is 0.236 e. The zero-order valence-corrected chi connectivity index (χ0v) is 9.93. The van der Waals surface area contributed by atoms with Crippen molar-refractivity contribution in [2.45, 2.75) is 44.7 Å². The topological polar surface area (TPSA) is 50.4 Å². The van der Waals surface area contributed by atoms with Gasteiger partial charge in [-0.05, 0) is 33.1 Å². The van der Waals surface area contributed by atoms with E-state index in [4.69, 9.17) is 4.74 Å². The van der Waals surface area contributed by atoms with E-state index in [-0.39, 0.29) is 17.5 Å². The monoisotopic (exact) mass is 214 g/mol. The van der Waals surface area contributed by atoms with Gasteiger partial charge in [0.15, 0.2) is 0 Å². The minimum Gasteiger partial charge on any atom is -0.385 e. The largest absolute Gasteiger partial charge is 0.385 e. The molecule has 0 aromatic heterocycles. The van der Waals surface area contributed by atoms with Gasteiger partial charge in [0, 0.05) is 25.8 Å². The zero-order chi connectivity index (χ0) is 11.3. The minimum atomic E-state index is -0.0972.